The van der Waals surface area contributed by atoms with Gasteiger partial charge in [-0.15, -0.1) is 0 Å². The highest BCUT2D eigenvalue weighted by molar-refractivity contribution is 6.33. The molecule has 194 valence electrons. The minimum absolute atomic E-state index is 0.155. The van der Waals surface area contributed by atoms with Crippen molar-refractivity contribution in [3.05, 3.63) is 52.2 Å². The van der Waals surface area contributed by atoms with Gasteiger partial charge < -0.3 is 21.1 Å². The quantitative estimate of drug-likeness (QED) is 0.222. The predicted octanol–water partition coefficient (Wildman–Crippen LogP) is 2.56. The first-order chi connectivity index (χ1) is 18.2. The molecule has 5 rings (SSSR count). The SMILES string of the molecule is CC(N)C(=O)OCN1C(=O)C/C(=C\c2cnn3c(NC4CC4)cc(Nc4ccc(C#N)cc4Cl)nc23)C1=O. The van der Waals surface area contributed by atoms with Crippen LogP contribution >= 0.6 is 11.6 Å². The monoisotopic (exact) mass is 534 g/mol. The second kappa shape index (κ2) is 10.1. The predicted molar refractivity (Wildman–Crippen MR) is 138 cm³/mol. The minimum atomic E-state index is -0.872. The maximum absolute atomic E-state index is 12.9. The van der Waals surface area contributed by atoms with Gasteiger partial charge in [0.05, 0.1) is 35.0 Å². The first kappa shape index (κ1) is 25.2. The number of carbonyl (C=O) groups is 3. The number of amides is 2. The lowest BCUT2D eigenvalue weighted by atomic mass is 10.1. The molecule has 3 heterocycles. The van der Waals surface area contributed by atoms with E-state index in [-0.39, 0.29) is 12.0 Å². The van der Waals surface area contributed by atoms with Crippen LogP contribution in [0.25, 0.3) is 11.7 Å². The molecule has 2 aliphatic rings. The zero-order chi connectivity index (χ0) is 27.0. The Morgan fingerprint density at radius 2 is 2.16 bits per heavy atom. The molecule has 3 aromatic rings. The number of esters is 1. The highest BCUT2D eigenvalue weighted by Gasteiger charge is 2.35. The van der Waals surface area contributed by atoms with Crippen LogP contribution in [0.15, 0.2) is 36.0 Å². The lowest BCUT2D eigenvalue weighted by Crippen LogP contribution is -2.36. The van der Waals surface area contributed by atoms with E-state index in [0.717, 1.165) is 17.7 Å². The van der Waals surface area contributed by atoms with E-state index in [9.17, 15) is 14.4 Å². The number of nitriles is 1. The van der Waals surface area contributed by atoms with E-state index >= 15 is 0 Å². The Kier molecular flexibility index (Phi) is 6.71. The molecule has 13 heteroatoms. The van der Waals surface area contributed by atoms with Crippen LogP contribution in [0.3, 0.4) is 0 Å². The number of imide groups is 1. The van der Waals surface area contributed by atoms with E-state index in [1.165, 1.54) is 6.92 Å². The summed E-state index contributed by atoms with van der Waals surface area (Å²) in [5.74, 6) is -0.620. The number of benzene rings is 1. The molecule has 2 amide bonds. The molecule has 38 heavy (non-hydrogen) atoms. The summed E-state index contributed by atoms with van der Waals surface area (Å²) in [5, 5.41) is 20.5. The summed E-state index contributed by atoms with van der Waals surface area (Å²) < 4.78 is 6.58. The van der Waals surface area contributed by atoms with Crippen molar-refractivity contribution in [3.8, 4) is 6.07 Å². The van der Waals surface area contributed by atoms with Gasteiger partial charge in [0.1, 0.15) is 17.7 Å². The average molecular weight is 535 g/mol. The van der Waals surface area contributed by atoms with Crippen molar-refractivity contribution in [2.24, 2.45) is 5.73 Å². The highest BCUT2D eigenvalue weighted by Crippen LogP contribution is 2.31. The number of likely N-dealkylation sites (tertiary alicyclic amines) is 1. The summed E-state index contributed by atoms with van der Waals surface area (Å²) in [6.45, 7) is 0.946. The van der Waals surface area contributed by atoms with Crippen LogP contribution in [0, 0.1) is 11.3 Å². The van der Waals surface area contributed by atoms with Gasteiger partial charge in [0.25, 0.3) is 5.91 Å². The Bertz CT molecular complexity index is 1540. The van der Waals surface area contributed by atoms with E-state index in [2.05, 4.69) is 20.7 Å². The third-order valence-electron chi connectivity index (χ3n) is 5.99. The van der Waals surface area contributed by atoms with Crippen molar-refractivity contribution in [3.63, 3.8) is 0 Å². The first-order valence-electron chi connectivity index (χ1n) is 11.8. The van der Waals surface area contributed by atoms with Crippen molar-refractivity contribution < 1.29 is 19.1 Å². The van der Waals surface area contributed by atoms with Crippen LogP contribution in [-0.4, -0.2) is 56.1 Å². The summed E-state index contributed by atoms with van der Waals surface area (Å²) in [5.41, 5.74) is 7.64. The van der Waals surface area contributed by atoms with E-state index in [1.807, 2.05) is 6.07 Å². The number of hydrogen-bond donors (Lipinski definition) is 3. The lowest BCUT2D eigenvalue weighted by molar-refractivity contribution is -0.155. The van der Waals surface area contributed by atoms with Gasteiger partial charge in [0.2, 0.25) is 5.91 Å². The molecule has 1 atom stereocenters. The van der Waals surface area contributed by atoms with Crippen LogP contribution < -0.4 is 16.4 Å². The van der Waals surface area contributed by atoms with E-state index in [1.54, 1.807) is 41.1 Å². The summed E-state index contributed by atoms with van der Waals surface area (Å²) in [6.07, 6.45) is 5.03. The van der Waals surface area contributed by atoms with Crippen molar-refractivity contribution in [1.82, 2.24) is 19.5 Å². The van der Waals surface area contributed by atoms with Gasteiger partial charge in [-0.2, -0.15) is 14.9 Å². The number of halogens is 1. The summed E-state index contributed by atoms with van der Waals surface area (Å²) in [6, 6.07) is 8.18. The second-order valence-electron chi connectivity index (χ2n) is 9.07. The fraction of sp³-hybridized carbons (Fsp3) is 0.280. The van der Waals surface area contributed by atoms with Gasteiger partial charge >= 0.3 is 5.97 Å². The molecule has 2 fully saturated rings. The Balaban J connectivity index is 1.46. The molecule has 1 saturated heterocycles. The van der Waals surface area contributed by atoms with Gasteiger partial charge in [-0.25, -0.2) is 9.88 Å². The van der Waals surface area contributed by atoms with Crippen LogP contribution in [0.1, 0.15) is 37.3 Å². The van der Waals surface area contributed by atoms with Crippen molar-refractivity contribution in [1.29, 1.82) is 5.26 Å². The maximum Gasteiger partial charge on any atom is 0.324 e. The molecular formula is C25H23ClN8O4. The molecule has 1 aliphatic heterocycles. The molecule has 0 bridgehead atoms. The molecule has 12 nitrogen and oxygen atoms in total. The zero-order valence-electron chi connectivity index (χ0n) is 20.3. The topological polar surface area (TPSA) is 168 Å². The van der Waals surface area contributed by atoms with Crippen molar-refractivity contribution in [2.75, 3.05) is 17.4 Å². The molecule has 1 aromatic carbocycles. The molecule has 2 aromatic heterocycles. The molecule has 1 aliphatic carbocycles. The van der Waals surface area contributed by atoms with Gasteiger partial charge in [0, 0.05) is 23.2 Å². The summed E-state index contributed by atoms with van der Waals surface area (Å²) in [7, 11) is 0. The fourth-order valence-electron chi connectivity index (χ4n) is 3.82. The van der Waals surface area contributed by atoms with Crippen molar-refractivity contribution in [2.45, 2.75) is 38.3 Å². The molecule has 1 unspecified atom stereocenters. The van der Waals surface area contributed by atoms with Gasteiger partial charge in [-0.05, 0) is 44.0 Å². The normalized spacial score (nSPS) is 17.1. The number of rotatable bonds is 8. The van der Waals surface area contributed by atoms with E-state index in [0.29, 0.717) is 45.2 Å². The lowest BCUT2D eigenvalue weighted by Gasteiger charge is -2.14. The maximum atomic E-state index is 12.9. The zero-order valence-corrected chi connectivity index (χ0v) is 21.0. The minimum Gasteiger partial charge on any atom is -0.443 e. The molecule has 4 N–H and O–H groups in total. The fourth-order valence-corrected chi connectivity index (χ4v) is 4.05. The number of nitrogens with zero attached hydrogens (tertiary/aromatic N) is 5. The van der Waals surface area contributed by atoms with Crippen molar-refractivity contribution >= 4 is 58.4 Å². The third-order valence-corrected chi connectivity index (χ3v) is 6.30. The number of hydrogen-bond acceptors (Lipinski definition) is 10. The Hall–Kier alpha value is -4.47. The van der Waals surface area contributed by atoms with Crippen LogP contribution in [0.2, 0.25) is 5.02 Å². The highest BCUT2D eigenvalue weighted by atomic mass is 35.5. The number of ether oxygens (including phenoxy) is 1. The second-order valence-corrected chi connectivity index (χ2v) is 9.47. The molecule has 0 radical (unpaired) electrons. The van der Waals surface area contributed by atoms with Crippen LogP contribution in [0.5, 0.6) is 0 Å². The Morgan fingerprint density at radius 1 is 1.37 bits per heavy atom. The van der Waals surface area contributed by atoms with Gasteiger partial charge in [-0.1, -0.05) is 11.6 Å². The summed E-state index contributed by atoms with van der Waals surface area (Å²) in [4.78, 5) is 42.5. The standard InChI is InChI=1S/C25H23ClN8O4/c1-13(28)25(37)38-12-33-22(35)8-15(24(33)36)7-16-11-29-34-21(30-17-3-4-17)9-20(32-23(16)34)31-19-5-2-14(10-27)6-18(19)26/h2,5-7,9,11,13,17,30H,3-4,8,12,28H2,1H3,(H,31,32)/b15-7+. The molecule has 0 spiro atoms. The largest absolute Gasteiger partial charge is 0.443 e. The number of carbonyl (C=O) groups excluding carboxylic acids is 3. The van der Waals surface area contributed by atoms with E-state index < -0.39 is 30.6 Å². The first-order valence-corrected chi connectivity index (χ1v) is 12.2. The molecule has 1 saturated carbocycles. The smallest absolute Gasteiger partial charge is 0.324 e. The van der Waals surface area contributed by atoms with Crippen LogP contribution in [-0.2, 0) is 19.1 Å². The number of nitrogens with two attached hydrogens (primary N) is 1. The third kappa shape index (κ3) is 5.15. The van der Waals surface area contributed by atoms with Gasteiger partial charge in [0.15, 0.2) is 12.4 Å². The average Bonchev–Trinajstić information content (AvgIpc) is 3.55. The van der Waals surface area contributed by atoms with E-state index in [4.69, 9.17) is 27.3 Å². The Labute approximate surface area is 222 Å². The van der Waals surface area contributed by atoms with Gasteiger partial charge in [-0.3, -0.25) is 14.4 Å². The number of fused-ring (bicyclic) bond motifs is 1. The molecular weight excluding hydrogens is 512 g/mol. The number of aromatic nitrogens is 3. The summed E-state index contributed by atoms with van der Waals surface area (Å²) >= 11 is 6.34. The number of anilines is 3. The Morgan fingerprint density at radius 3 is 2.84 bits per heavy atom. The van der Waals surface area contributed by atoms with Crippen LogP contribution in [0.4, 0.5) is 17.3 Å². The number of nitrogens with one attached hydrogen (secondary N) is 2.